The largest absolute Gasteiger partial charge is 0.481 e. The maximum Gasteiger partial charge on any atom is 0.303 e. The third kappa shape index (κ3) is 9.39. The number of carboxylic acids is 1. The molecule has 0 aromatic rings. The average Bonchev–Trinajstić information content (AvgIpc) is 2.89. The van der Waals surface area contributed by atoms with Crippen LogP contribution in [-0.2, 0) is 9.59 Å². The van der Waals surface area contributed by atoms with Crippen LogP contribution in [0.3, 0.4) is 0 Å². The first-order chi connectivity index (χ1) is 11.9. The highest BCUT2D eigenvalue weighted by molar-refractivity contribution is 5.83. The lowest BCUT2D eigenvalue weighted by Crippen LogP contribution is -2.26. The SMILES string of the molecule is CCCCCC(C)(O)CCC1CCC(=O)C1CCCCCCC(=O)O. The molecule has 0 aromatic carbocycles. The van der Waals surface area contributed by atoms with Crippen molar-refractivity contribution in [3.05, 3.63) is 0 Å². The summed E-state index contributed by atoms with van der Waals surface area (Å²) >= 11 is 0. The molecular formula is C21H38O4. The molecule has 4 heteroatoms. The molecule has 146 valence electrons. The summed E-state index contributed by atoms with van der Waals surface area (Å²) in [6.07, 6.45) is 12.6. The zero-order chi connectivity index (χ0) is 18.7. The number of hydrogen-bond donors (Lipinski definition) is 2. The van der Waals surface area contributed by atoms with Crippen LogP contribution in [0.2, 0.25) is 0 Å². The van der Waals surface area contributed by atoms with Crippen LogP contribution in [-0.4, -0.2) is 27.6 Å². The van der Waals surface area contributed by atoms with Crippen LogP contribution in [0.4, 0.5) is 0 Å². The Bertz CT molecular complexity index is 403. The lowest BCUT2D eigenvalue weighted by Gasteiger charge is -2.26. The van der Waals surface area contributed by atoms with Gasteiger partial charge in [-0.25, -0.2) is 0 Å². The van der Waals surface area contributed by atoms with Crippen molar-refractivity contribution in [2.45, 2.75) is 109 Å². The average molecular weight is 355 g/mol. The van der Waals surface area contributed by atoms with Gasteiger partial charge in [-0.3, -0.25) is 9.59 Å². The first-order valence-corrected chi connectivity index (χ1v) is 10.3. The van der Waals surface area contributed by atoms with Gasteiger partial charge in [-0.1, -0.05) is 45.4 Å². The van der Waals surface area contributed by atoms with E-state index in [-0.39, 0.29) is 12.3 Å². The normalized spacial score (nSPS) is 22.9. The van der Waals surface area contributed by atoms with Gasteiger partial charge in [0.15, 0.2) is 0 Å². The summed E-state index contributed by atoms with van der Waals surface area (Å²) in [5, 5.41) is 19.2. The summed E-state index contributed by atoms with van der Waals surface area (Å²) in [6, 6.07) is 0. The smallest absolute Gasteiger partial charge is 0.303 e. The highest BCUT2D eigenvalue weighted by Gasteiger charge is 2.35. The van der Waals surface area contributed by atoms with Crippen molar-refractivity contribution in [3.8, 4) is 0 Å². The van der Waals surface area contributed by atoms with Crippen molar-refractivity contribution in [2.24, 2.45) is 11.8 Å². The number of carbonyl (C=O) groups is 2. The van der Waals surface area contributed by atoms with Crippen molar-refractivity contribution in [2.75, 3.05) is 0 Å². The molecule has 1 fully saturated rings. The number of carboxylic acid groups (broad SMARTS) is 1. The summed E-state index contributed by atoms with van der Waals surface area (Å²) in [5.41, 5.74) is -0.595. The van der Waals surface area contributed by atoms with Crippen molar-refractivity contribution < 1.29 is 19.8 Å². The van der Waals surface area contributed by atoms with Gasteiger partial charge in [-0.2, -0.15) is 0 Å². The first kappa shape index (κ1) is 22.1. The first-order valence-electron chi connectivity index (χ1n) is 10.3. The van der Waals surface area contributed by atoms with Crippen molar-refractivity contribution in [3.63, 3.8) is 0 Å². The van der Waals surface area contributed by atoms with Gasteiger partial charge in [0.05, 0.1) is 5.60 Å². The van der Waals surface area contributed by atoms with Crippen LogP contribution < -0.4 is 0 Å². The molecule has 4 nitrogen and oxygen atoms in total. The van der Waals surface area contributed by atoms with E-state index in [9.17, 15) is 14.7 Å². The highest BCUT2D eigenvalue weighted by Crippen LogP contribution is 2.37. The molecule has 0 bridgehead atoms. The molecule has 1 aliphatic carbocycles. The number of aliphatic carboxylic acids is 1. The van der Waals surface area contributed by atoms with E-state index in [1.807, 2.05) is 6.92 Å². The van der Waals surface area contributed by atoms with E-state index >= 15 is 0 Å². The fourth-order valence-electron chi connectivity index (χ4n) is 4.09. The summed E-state index contributed by atoms with van der Waals surface area (Å²) in [6.45, 7) is 4.11. The number of carbonyl (C=O) groups excluding carboxylic acids is 1. The Kier molecular flexibility index (Phi) is 10.3. The molecule has 0 saturated heterocycles. The van der Waals surface area contributed by atoms with E-state index < -0.39 is 11.6 Å². The molecule has 1 aliphatic rings. The van der Waals surface area contributed by atoms with E-state index in [4.69, 9.17) is 5.11 Å². The Morgan fingerprint density at radius 2 is 1.80 bits per heavy atom. The van der Waals surface area contributed by atoms with E-state index in [1.54, 1.807) is 0 Å². The molecule has 3 unspecified atom stereocenters. The summed E-state index contributed by atoms with van der Waals surface area (Å²) in [4.78, 5) is 22.7. The van der Waals surface area contributed by atoms with Crippen molar-refractivity contribution in [1.82, 2.24) is 0 Å². The van der Waals surface area contributed by atoms with Gasteiger partial charge in [0.25, 0.3) is 0 Å². The number of aliphatic hydroxyl groups is 1. The molecule has 0 radical (unpaired) electrons. The Balaban J connectivity index is 2.28. The molecule has 1 saturated carbocycles. The summed E-state index contributed by atoms with van der Waals surface area (Å²) in [7, 11) is 0. The van der Waals surface area contributed by atoms with Crippen LogP contribution in [0.5, 0.6) is 0 Å². The Hall–Kier alpha value is -0.900. The second-order valence-corrected chi connectivity index (χ2v) is 8.21. The van der Waals surface area contributed by atoms with Gasteiger partial charge >= 0.3 is 5.97 Å². The maximum atomic E-state index is 12.2. The van der Waals surface area contributed by atoms with Gasteiger partial charge < -0.3 is 10.2 Å². The lowest BCUT2D eigenvalue weighted by molar-refractivity contribution is -0.137. The maximum absolute atomic E-state index is 12.2. The molecule has 0 heterocycles. The number of Topliss-reactive ketones (excluding diaryl/α,β-unsaturated/α-hetero) is 1. The molecule has 3 atom stereocenters. The fraction of sp³-hybridized carbons (Fsp3) is 0.905. The molecule has 0 amide bonds. The van der Waals surface area contributed by atoms with Crippen LogP contribution in [0, 0.1) is 11.8 Å². The standard InChI is InChI=1S/C21H38O4/c1-3-4-9-15-21(2,25)16-14-17-12-13-19(22)18(17)10-7-5-6-8-11-20(23)24/h17-18,25H,3-16H2,1-2H3,(H,23,24). The third-order valence-electron chi connectivity index (χ3n) is 5.77. The lowest BCUT2D eigenvalue weighted by atomic mass is 9.83. The van der Waals surface area contributed by atoms with Crippen molar-refractivity contribution >= 4 is 11.8 Å². The fourth-order valence-corrected chi connectivity index (χ4v) is 4.09. The molecular weight excluding hydrogens is 316 g/mol. The molecule has 25 heavy (non-hydrogen) atoms. The van der Waals surface area contributed by atoms with E-state index in [0.717, 1.165) is 64.2 Å². The van der Waals surface area contributed by atoms with Crippen LogP contribution in [0.15, 0.2) is 0 Å². The van der Waals surface area contributed by atoms with Crippen LogP contribution >= 0.6 is 0 Å². The highest BCUT2D eigenvalue weighted by atomic mass is 16.4. The van der Waals surface area contributed by atoms with E-state index in [0.29, 0.717) is 18.1 Å². The predicted octanol–water partition coefficient (Wildman–Crippen LogP) is 5.12. The molecule has 2 N–H and O–H groups in total. The molecule has 0 aromatic heterocycles. The number of ketones is 1. The summed E-state index contributed by atoms with van der Waals surface area (Å²) < 4.78 is 0. The predicted molar refractivity (Wildman–Crippen MR) is 101 cm³/mol. The van der Waals surface area contributed by atoms with Crippen molar-refractivity contribution in [1.29, 1.82) is 0 Å². The molecule has 1 rings (SSSR count). The second kappa shape index (κ2) is 11.7. The molecule has 0 spiro atoms. The van der Waals surface area contributed by atoms with Crippen LogP contribution in [0.1, 0.15) is 104 Å². The van der Waals surface area contributed by atoms with Gasteiger partial charge in [-0.15, -0.1) is 0 Å². The minimum atomic E-state index is -0.725. The number of hydrogen-bond acceptors (Lipinski definition) is 3. The Morgan fingerprint density at radius 3 is 2.48 bits per heavy atom. The zero-order valence-electron chi connectivity index (χ0n) is 16.3. The monoisotopic (exact) mass is 354 g/mol. The number of unbranched alkanes of at least 4 members (excludes halogenated alkanes) is 5. The quantitative estimate of drug-likeness (QED) is 0.425. The summed E-state index contributed by atoms with van der Waals surface area (Å²) in [5.74, 6) is 0.285. The van der Waals surface area contributed by atoms with E-state index in [1.165, 1.54) is 12.8 Å². The minimum Gasteiger partial charge on any atom is -0.481 e. The Morgan fingerprint density at radius 1 is 1.08 bits per heavy atom. The second-order valence-electron chi connectivity index (χ2n) is 8.21. The number of rotatable bonds is 14. The van der Waals surface area contributed by atoms with Gasteiger partial charge in [0.2, 0.25) is 0 Å². The van der Waals surface area contributed by atoms with Crippen LogP contribution in [0.25, 0.3) is 0 Å². The van der Waals surface area contributed by atoms with Gasteiger partial charge in [0.1, 0.15) is 5.78 Å². The van der Waals surface area contributed by atoms with E-state index in [2.05, 4.69) is 6.92 Å². The van der Waals surface area contributed by atoms with Gasteiger partial charge in [-0.05, 0) is 51.4 Å². The zero-order valence-corrected chi connectivity index (χ0v) is 16.3. The molecule has 0 aliphatic heterocycles. The minimum absolute atomic E-state index is 0.172. The Labute approximate surface area is 153 Å². The third-order valence-corrected chi connectivity index (χ3v) is 5.77. The van der Waals surface area contributed by atoms with Gasteiger partial charge in [0, 0.05) is 18.8 Å². The topological polar surface area (TPSA) is 74.6 Å².